The van der Waals surface area contributed by atoms with E-state index in [1.54, 1.807) is 24.3 Å². The van der Waals surface area contributed by atoms with Gasteiger partial charge in [0.1, 0.15) is 10.8 Å². The number of imidazole rings is 1. The number of anilines is 1. The summed E-state index contributed by atoms with van der Waals surface area (Å²) in [5, 5.41) is 3.85. The first kappa shape index (κ1) is 19.0. The van der Waals surface area contributed by atoms with Crippen LogP contribution in [0.5, 0.6) is 0 Å². The van der Waals surface area contributed by atoms with Crippen LogP contribution in [0, 0.1) is 0 Å². The van der Waals surface area contributed by atoms with Crippen LogP contribution in [0.25, 0.3) is 5.69 Å². The fourth-order valence-electron chi connectivity index (χ4n) is 2.53. The molecule has 10 heteroatoms. The van der Waals surface area contributed by atoms with Crippen LogP contribution < -0.4 is 10.5 Å². The van der Waals surface area contributed by atoms with Crippen molar-refractivity contribution < 1.29 is 13.2 Å². The van der Waals surface area contributed by atoms with Crippen molar-refractivity contribution in [2.75, 3.05) is 11.9 Å². The molecule has 3 aromatic rings. The fourth-order valence-corrected chi connectivity index (χ4v) is 2.81. The Hall–Kier alpha value is -2.81. The third-order valence-corrected chi connectivity index (χ3v) is 4.38. The zero-order valence-electron chi connectivity index (χ0n) is 14.4. The van der Waals surface area contributed by atoms with Crippen LogP contribution in [0.15, 0.2) is 47.7 Å². The molecule has 0 saturated carbocycles. The number of alkyl halides is 3. The van der Waals surface area contributed by atoms with Crippen LogP contribution >= 0.6 is 11.6 Å². The van der Waals surface area contributed by atoms with E-state index in [1.165, 1.54) is 18.3 Å². The lowest BCUT2D eigenvalue weighted by Crippen LogP contribution is -2.27. The summed E-state index contributed by atoms with van der Waals surface area (Å²) in [6.07, 6.45) is 0.252. The summed E-state index contributed by atoms with van der Waals surface area (Å²) in [7, 11) is 3.55. The van der Waals surface area contributed by atoms with E-state index in [2.05, 4.69) is 10.1 Å². The van der Waals surface area contributed by atoms with Crippen LogP contribution in [-0.2, 0) is 19.8 Å². The quantitative estimate of drug-likeness (QED) is 0.678. The molecular formula is C17H15ClF3N5O. The largest absolute Gasteiger partial charge is 0.416 e. The minimum Gasteiger partial charge on any atom is -0.364 e. The molecule has 0 fully saturated rings. The van der Waals surface area contributed by atoms with Gasteiger partial charge in [-0.1, -0.05) is 17.7 Å². The summed E-state index contributed by atoms with van der Waals surface area (Å²) in [5.41, 5.74) is -1.25. The number of rotatable bonds is 4. The molecule has 0 amide bonds. The number of aromatic nitrogens is 4. The van der Waals surface area contributed by atoms with Gasteiger partial charge >= 0.3 is 6.18 Å². The Bertz CT molecular complexity index is 1030. The van der Waals surface area contributed by atoms with Crippen LogP contribution in [0.2, 0.25) is 5.02 Å². The molecule has 2 heterocycles. The minimum absolute atomic E-state index is 0.0185. The predicted octanol–water partition coefficient (Wildman–Crippen LogP) is 3.27. The Balaban J connectivity index is 1.96. The first-order valence-electron chi connectivity index (χ1n) is 7.81. The summed E-state index contributed by atoms with van der Waals surface area (Å²) in [4.78, 5) is 18.5. The highest BCUT2D eigenvalue weighted by atomic mass is 35.5. The zero-order chi connectivity index (χ0) is 19.8. The first-order valence-corrected chi connectivity index (χ1v) is 8.19. The van der Waals surface area contributed by atoms with E-state index >= 15 is 0 Å². The second-order valence-electron chi connectivity index (χ2n) is 5.92. The molecule has 6 nitrogen and oxygen atoms in total. The van der Waals surface area contributed by atoms with Gasteiger partial charge in [0.2, 0.25) is 0 Å². The van der Waals surface area contributed by atoms with Gasteiger partial charge in [-0.05, 0) is 18.2 Å². The maximum atomic E-state index is 12.9. The van der Waals surface area contributed by atoms with Crippen molar-refractivity contribution in [3.63, 3.8) is 0 Å². The zero-order valence-corrected chi connectivity index (χ0v) is 15.2. The van der Waals surface area contributed by atoms with Gasteiger partial charge in [-0.25, -0.2) is 4.98 Å². The highest BCUT2D eigenvalue weighted by Crippen LogP contribution is 2.30. The van der Waals surface area contributed by atoms with Crippen LogP contribution in [0.4, 0.5) is 18.9 Å². The van der Waals surface area contributed by atoms with Gasteiger partial charge in [-0.15, -0.1) is 0 Å². The molecule has 0 aliphatic rings. The highest BCUT2D eigenvalue weighted by molar-refractivity contribution is 6.33. The van der Waals surface area contributed by atoms with E-state index in [0.717, 1.165) is 22.6 Å². The number of hydrogen-bond acceptors (Lipinski definition) is 4. The lowest BCUT2D eigenvalue weighted by Gasteiger charge is -2.20. The molecule has 2 aromatic heterocycles. The number of benzene rings is 1. The van der Waals surface area contributed by atoms with Crippen molar-refractivity contribution in [3.05, 3.63) is 69.6 Å². The van der Waals surface area contributed by atoms with Gasteiger partial charge in [0.05, 0.1) is 29.7 Å². The monoisotopic (exact) mass is 397 g/mol. The summed E-state index contributed by atoms with van der Waals surface area (Å²) >= 11 is 6.19. The third kappa shape index (κ3) is 3.82. The molecule has 0 saturated heterocycles. The molecule has 0 N–H and O–H groups in total. The van der Waals surface area contributed by atoms with E-state index in [4.69, 9.17) is 11.6 Å². The molecule has 0 atom stereocenters. The summed E-state index contributed by atoms with van der Waals surface area (Å²) in [6.45, 7) is 0.373. The Labute approximate surface area is 157 Å². The molecule has 0 bridgehead atoms. The van der Waals surface area contributed by atoms with Gasteiger partial charge in [-0.2, -0.15) is 23.0 Å². The second kappa shape index (κ2) is 7.07. The Kier molecular flexibility index (Phi) is 4.97. The highest BCUT2D eigenvalue weighted by Gasteiger charge is 2.30. The second-order valence-corrected chi connectivity index (χ2v) is 6.30. The van der Waals surface area contributed by atoms with Gasteiger partial charge in [-0.3, -0.25) is 4.79 Å². The van der Waals surface area contributed by atoms with Crippen LogP contribution in [-0.4, -0.2) is 26.4 Å². The normalized spacial score (nSPS) is 11.6. The maximum absolute atomic E-state index is 12.9. The van der Waals surface area contributed by atoms with Gasteiger partial charge in [0, 0.05) is 26.5 Å². The number of hydrogen-bond donors (Lipinski definition) is 0. The molecule has 0 aliphatic carbocycles. The van der Waals surface area contributed by atoms with Crippen molar-refractivity contribution in [2.24, 2.45) is 7.05 Å². The van der Waals surface area contributed by atoms with Crippen molar-refractivity contribution in [3.8, 4) is 5.69 Å². The van der Waals surface area contributed by atoms with Gasteiger partial charge in [0.15, 0.2) is 0 Å². The van der Waals surface area contributed by atoms with E-state index in [0.29, 0.717) is 12.2 Å². The molecule has 3 rings (SSSR count). The fraction of sp³-hybridized carbons (Fsp3) is 0.235. The maximum Gasteiger partial charge on any atom is 0.416 e. The summed E-state index contributed by atoms with van der Waals surface area (Å²) in [6, 6.07) is 4.34. The SMILES string of the molecule is CN(Cc1nccn1C)c1cnn(-c2cccc(C(F)(F)F)c2)c(=O)c1Cl. The standard InChI is InChI=1S/C17H15ClF3N5O/c1-24-7-6-22-14(24)10-25(2)13-9-23-26(16(27)15(13)18)12-5-3-4-11(8-12)17(19,20)21/h3-9H,10H2,1-2H3. The third-order valence-electron chi connectivity index (χ3n) is 4.03. The molecule has 0 unspecified atom stereocenters. The van der Waals surface area contributed by atoms with Crippen molar-refractivity contribution in [1.82, 2.24) is 19.3 Å². The van der Waals surface area contributed by atoms with E-state index in [9.17, 15) is 18.0 Å². The molecule has 0 aliphatic heterocycles. The van der Waals surface area contributed by atoms with E-state index in [-0.39, 0.29) is 10.7 Å². The average Bonchev–Trinajstić information content (AvgIpc) is 3.01. The Morgan fingerprint density at radius 3 is 2.67 bits per heavy atom. The van der Waals surface area contributed by atoms with Crippen molar-refractivity contribution in [1.29, 1.82) is 0 Å². The molecule has 0 radical (unpaired) electrons. The first-order chi connectivity index (χ1) is 12.7. The van der Waals surface area contributed by atoms with Gasteiger partial charge < -0.3 is 9.47 Å². The summed E-state index contributed by atoms with van der Waals surface area (Å²) < 4.78 is 41.4. The smallest absolute Gasteiger partial charge is 0.364 e. The average molecular weight is 398 g/mol. The lowest BCUT2D eigenvalue weighted by molar-refractivity contribution is -0.137. The van der Waals surface area contributed by atoms with Crippen molar-refractivity contribution in [2.45, 2.75) is 12.7 Å². The predicted molar refractivity (Wildman–Crippen MR) is 95.2 cm³/mol. The molecule has 0 spiro atoms. The topological polar surface area (TPSA) is 56.0 Å². The van der Waals surface area contributed by atoms with E-state index < -0.39 is 17.3 Å². The van der Waals surface area contributed by atoms with Crippen LogP contribution in [0.1, 0.15) is 11.4 Å². The Morgan fingerprint density at radius 1 is 1.30 bits per heavy atom. The molecule has 1 aromatic carbocycles. The van der Waals surface area contributed by atoms with Crippen LogP contribution in [0.3, 0.4) is 0 Å². The minimum atomic E-state index is -4.52. The number of aryl methyl sites for hydroxylation is 1. The lowest BCUT2D eigenvalue weighted by atomic mass is 10.2. The molecule has 142 valence electrons. The Morgan fingerprint density at radius 2 is 2.04 bits per heavy atom. The summed E-state index contributed by atoms with van der Waals surface area (Å²) in [5.74, 6) is 0.746. The van der Waals surface area contributed by atoms with Crippen molar-refractivity contribution >= 4 is 17.3 Å². The number of halogens is 4. The van der Waals surface area contributed by atoms with E-state index in [1.807, 2.05) is 11.6 Å². The number of nitrogens with zero attached hydrogens (tertiary/aromatic N) is 5. The molecule has 27 heavy (non-hydrogen) atoms. The molecular weight excluding hydrogens is 383 g/mol. The van der Waals surface area contributed by atoms with Gasteiger partial charge in [0.25, 0.3) is 5.56 Å².